The normalized spacial score (nSPS) is 37.6. The van der Waals surface area contributed by atoms with Crippen LogP contribution in [0, 0.1) is 11.3 Å². The third kappa shape index (κ3) is 2.94. The van der Waals surface area contributed by atoms with E-state index in [2.05, 4.69) is 0 Å². The molecule has 0 aromatic heterocycles. The van der Waals surface area contributed by atoms with Gasteiger partial charge in [-0.15, -0.1) is 0 Å². The minimum absolute atomic E-state index is 0.0651. The zero-order valence-corrected chi connectivity index (χ0v) is 14.1. The van der Waals surface area contributed by atoms with E-state index in [1.807, 2.05) is 34.6 Å². The number of rotatable bonds is 1. The highest BCUT2D eigenvalue weighted by atomic mass is 16.7. The van der Waals surface area contributed by atoms with Gasteiger partial charge in [-0.05, 0) is 26.2 Å². The summed E-state index contributed by atoms with van der Waals surface area (Å²) in [4.78, 5) is 12.6. The van der Waals surface area contributed by atoms with Crippen LogP contribution in [-0.4, -0.2) is 35.2 Å². The Morgan fingerprint density at radius 3 is 2.59 bits per heavy atom. The number of aliphatic hydroxyl groups is 1. The summed E-state index contributed by atoms with van der Waals surface area (Å²) in [6, 6.07) is 0. The Morgan fingerprint density at radius 2 is 1.95 bits per heavy atom. The molecule has 3 aliphatic rings. The Morgan fingerprint density at radius 1 is 1.27 bits per heavy atom. The number of ether oxygens (including phenoxy) is 3. The predicted molar refractivity (Wildman–Crippen MR) is 79.8 cm³/mol. The van der Waals surface area contributed by atoms with Gasteiger partial charge in [-0.2, -0.15) is 0 Å². The molecule has 0 amide bonds. The van der Waals surface area contributed by atoms with Crippen molar-refractivity contribution in [3.05, 3.63) is 11.3 Å². The standard InChI is InChI=1S/C17H26O5/c1-15(2,3)22-14-10-6-17(19,9-20-14)21-12-8-16(4,5)7-11(18)13(10)12/h10,14,19H,6-9H2,1-5H3. The first-order valence-electron chi connectivity index (χ1n) is 7.95. The predicted octanol–water partition coefficient (Wildman–Crippen LogP) is 2.53. The van der Waals surface area contributed by atoms with Crippen molar-refractivity contribution in [2.75, 3.05) is 6.61 Å². The molecule has 5 nitrogen and oxygen atoms in total. The van der Waals surface area contributed by atoms with Crippen molar-refractivity contribution in [3.63, 3.8) is 0 Å². The van der Waals surface area contributed by atoms with Gasteiger partial charge in [-0.1, -0.05) is 13.8 Å². The Hall–Kier alpha value is -0.910. The Labute approximate surface area is 131 Å². The molecule has 0 aromatic rings. The molecule has 0 aromatic carbocycles. The number of carbonyl (C=O) groups excluding carboxylic acids is 1. The van der Waals surface area contributed by atoms with Crippen molar-refractivity contribution in [2.24, 2.45) is 11.3 Å². The highest BCUT2D eigenvalue weighted by Crippen LogP contribution is 2.49. The quantitative estimate of drug-likeness (QED) is 0.806. The third-order valence-corrected chi connectivity index (χ3v) is 4.37. The van der Waals surface area contributed by atoms with Gasteiger partial charge in [0.15, 0.2) is 12.1 Å². The number of carbonyl (C=O) groups is 1. The maximum Gasteiger partial charge on any atom is 0.232 e. The van der Waals surface area contributed by atoms with Gasteiger partial charge in [0.05, 0.1) is 5.60 Å². The lowest BCUT2D eigenvalue weighted by Crippen LogP contribution is -2.56. The number of ketones is 1. The lowest BCUT2D eigenvalue weighted by atomic mass is 9.71. The van der Waals surface area contributed by atoms with E-state index in [0.29, 0.717) is 30.6 Å². The fourth-order valence-corrected chi connectivity index (χ4v) is 3.61. The zero-order valence-electron chi connectivity index (χ0n) is 14.1. The van der Waals surface area contributed by atoms with E-state index in [1.54, 1.807) is 0 Å². The first kappa shape index (κ1) is 16.0. The van der Waals surface area contributed by atoms with Crippen molar-refractivity contribution < 1.29 is 24.1 Å². The summed E-state index contributed by atoms with van der Waals surface area (Å²) in [5, 5.41) is 10.6. The summed E-state index contributed by atoms with van der Waals surface area (Å²) in [7, 11) is 0. The number of fused-ring (bicyclic) bond motifs is 3. The van der Waals surface area contributed by atoms with E-state index in [9.17, 15) is 9.90 Å². The van der Waals surface area contributed by atoms with Crippen molar-refractivity contribution >= 4 is 5.78 Å². The molecule has 2 bridgehead atoms. The molecule has 0 spiro atoms. The van der Waals surface area contributed by atoms with Gasteiger partial charge in [0, 0.05) is 30.8 Å². The average molecular weight is 310 g/mol. The summed E-state index contributed by atoms with van der Waals surface area (Å²) < 4.78 is 17.4. The summed E-state index contributed by atoms with van der Waals surface area (Å²) >= 11 is 0. The molecule has 0 radical (unpaired) electrons. The molecular weight excluding hydrogens is 284 g/mol. The van der Waals surface area contributed by atoms with Crippen LogP contribution in [0.1, 0.15) is 53.9 Å². The fourth-order valence-electron chi connectivity index (χ4n) is 3.61. The Bertz CT molecular complexity index is 528. The largest absolute Gasteiger partial charge is 0.464 e. The van der Waals surface area contributed by atoms with Crippen LogP contribution < -0.4 is 0 Å². The number of Topliss-reactive ketones (excluding diaryl/α,β-unsaturated/α-hetero) is 1. The molecule has 22 heavy (non-hydrogen) atoms. The highest BCUT2D eigenvalue weighted by molar-refractivity contribution is 5.98. The average Bonchev–Trinajstić information content (AvgIpc) is 2.28. The van der Waals surface area contributed by atoms with Crippen molar-refractivity contribution in [2.45, 2.75) is 71.6 Å². The molecule has 1 N–H and O–H groups in total. The summed E-state index contributed by atoms with van der Waals surface area (Å²) in [6.07, 6.45) is 0.986. The number of allylic oxidation sites excluding steroid dienone is 1. The number of hydrogen-bond acceptors (Lipinski definition) is 5. The maximum absolute atomic E-state index is 12.6. The monoisotopic (exact) mass is 310 g/mol. The maximum atomic E-state index is 12.6. The van der Waals surface area contributed by atoms with Gasteiger partial charge in [0.2, 0.25) is 5.79 Å². The van der Waals surface area contributed by atoms with E-state index in [-0.39, 0.29) is 29.3 Å². The van der Waals surface area contributed by atoms with Gasteiger partial charge < -0.3 is 19.3 Å². The van der Waals surface area contributed by atoms with E-state index >= 15 is 0 Å². The molecule has 3 atom stereocenters. The van der Waals surface area contributed by atoms with Crippen LogP contribution in [0.25, 0.3) is 0 Å². The van der Waals surface area contributed by atoms with Gasteiger partial charge in [-0.25, -0.2) is 0 Å². The van der Waals surface area contributed by atoms with Crippen molar-refractivity contribution in [1.29, 1.82) is 0 Å². The molecule has 3 unspecified atom stereocenters. The molecule has 1 aliphatic carbocycles. The summed E-state index contributed by atoms with van der Waals surface area (Å²) in [5.41, 5.74) is 0.146. The Balaban J connectivity index is 1.97. The van der Waals surface area contributed by atoms with Crippen molar-refractivity contribution in [1.82, 2.24) is 0 Å². The molecule has 5 heteroatoms. The highest BCUT2D eigenvalue weighted by Gasteiger charge is 2.53. The molecule has 2 aliphatic heterocycles. The van der Waals surface area contributed by atoms with Crippen LogP contribution in [0.3, 0.4) is 0 Å². The molecule has 0 saturated carbocycles. The van der Waals surface area contributed by atoms with E-state index in [1.165, 1.54) is 0 Å². The molecule has 3 rings (SSSR count). The van der Waals surface area contributed by atoms with Gasteiger partial charge in [0.25, 0.3) is 0 Å². The molecule has 124 valence electrons. The van der Waals surface area contributed by atoms with Gasteiger partial charge in [0.1, 0.15) is 12.4 Å². The van der Waals surface area contributed by atoms with Crippen LogP contribution in [0.2, 0.25) is 0 Å². The van der Waals surface area contributed by atoms with Crippen LogP contribution in [0.4, 0.5) is 0 Å². The number of hydrogen-bond donors (Lipinski definition) is 1. The molecule has 2 heterocycles. The first-order valence-corrected chi connectivity index (χ1v) is 7.95. The van der Waals surface area contributed by atoms with Gasteiger partial charge in [-0.3, -0.25) is 4.79 Å². The summed E-state index contributed by atoms with van der Waals surface area (Å²) in [5.74, 6) is -0.878. The summed E-state index contributed by atoms with van der Waals surface area (Å²) in [6.45, 7) is 10.0. The van der Waals surface area contributed by atoms with E-state index in [0.717, 1.165) is 0 Å². The Kier molecular flexibility index (Phi) is 3.48. The zero-order chi connectivity index (χ0) is 16.3. The van der Waals surface area contributed by atoms with Crippen LogP contribution >= 0.6 is 0 Å². The topological polar surface area (TPSA) is 65.0 Å². The second kappa shape index (κ2) is 4.79. The molecular formula is C17H26O5. The van der Waals surface area contributed by atoms with Gasteiger partial charge >= 0.3 is 0 Å². The second-order valence-corrected chi connectivity index (χ2v) is 8.55. The third-order valence-electron chi connectivity index (χ3n) is 4.37. The van der Waals surface area contributed by atoms with Crippen molar-refractivity contribution in [3.8, 4) is 0 Å². The first-order chi connectivity index (χ1) is 9.98. The smallest absolute Gasteiger partial charge is 0.232 e. The minimum Gasteiger partial charge on any atom is -0.464 e. The SMILES string of the molecule is CC1(C)CC(=O)C2=C(C1)OC1(O)COC(OC(C)(C)C)C2C1. The fraction of sp³-hybridized carbons (Fsp3) is 0.824. The van der Waals surface area contributed by atoms with E-state index in [4.69, 9.17) is 14.2 Å². The molecule has 1 saturated heterocycles. The van der Waals surface area contributed by atoms with E-state index < -0.39 is 12.1 Å². The van der Waals surface area contributed by atoms with Crippen LogP contribution in [-0.2, 0) is 19.0 Å². The lowest BCUT2D eigenvalue weighted by Gasteiger charge is -2.49. The van der Waals surface area contributed by atoms with Crippen LogP contribution in [0.15, 0.2) is 11.3 Å². The minimum atomic E-state index is -1.34. The second-order valence-electron chi connectivity index (χ2n) is 8.55. The molecule has 1 fully saturated rings. The van der Waals surface area contributed by atoms with Crippen LogP contribution in [0.5, 0.6) is 0 Å². The lowest BCUT2D eigenvalue weighted by molar-refractivity contribution is -0.326.